The van der Waals surface area contributed by atoms with Gasteiger partial charge in [0.2, 0.25) is 0 Å². The fraction of sp³-hybridized carbons (Fsp3) is 0.158. The van der Waals surface area contributed by atoms with Gasteiger partial charge >= 0.3 is 0 Å². The number of carbonyl (C=O) groups excluding carboxylic acids is 1. The first kappa shape index (κ1) is 15.6. The molecule has 0 atom stereocenters. The summed E-state index contributed by atoms with van der Waals surface area (Å²) in [5.41, 5.74) is 4.57. The van der Waals surface area contributed by atoms with Crippen LogP contribution in [0.4, 0.5) is 4.39 Å². The Labute approximate surface area is 138 Å². The number of aromatic nitrogens is 1. The fourth-order valence-corrected chi connectivity index (χ4v) is 3.03. The van der Waals surface area contributed by atoms with E-state index >= 15 is 0 Å². The van der Waals surface area contributed by atoms with Crippen LogP contribution in [0.3, 0.4) is 0 Å². The third-order valence-corrected chi connectivity index (χ3v) is 4.13. The van der Waals surface area contributed by atoms with Crippen LogP contribution in [0.25, 0.3) is 22.0 Å². The summed E-state index contributed by atoms with van der Waals surface area (Å²) in [6.07, 6.45) is 1.91. The maximum Gasteiger partial charge on any atom is 0.123 e. The molecule has 0 bridgehead atoms. The Kier molecular flexibility index (Phi) is 4.39. The van der Waals surface area contributed by atoms with Gasteiger partial charge in [0.05, 0.1) is 5.52 Å². The number of benzene rings is 2. The number of hydrogen-bond donors (Lipinski definition) is 0. The van der Waals surface area contributed by atoms with Gasteiger partial charge in [-0.15, -0.1) is 0 Å². The zero-order chi connectivity index (χ0) is 16.4. The van der Waals surface area contributed by atoms with Crippen molar-refractivity contribution in [2.75, 3.05) is 0 Å². The van der Waals surface area contributed by atoms with Crippen LogP contribution >= 0.6 is 11.6 Å². The van der Waals surface area contributed by atoms with Crippen molar-refractivity contribution in [3.05, 3.63) is 64.6 Å². The van der Waals surface area contributed by atoms with Gasteiger partial charge in [0.25, 0.3) is 0 Å². The van der Waals surface area contributed by atoms with Crippen LogP contribution < -0.4 is 0 Å². The van der Waals surface area contributed by atoms with E-state index in [4.69, 9.17) is 11.6 Å². The molecule has 116 valence electrons. The number of pyridine rings is 1. The van der Waals surface area contributed by atoms with E-state index in [0.717, 1.165) is 39.6 Å². The molecule has 0 aliphatic rings. The predicted octanol–water partition coefficient (Wildman–Crippen LogP) is 5.13. The van der Waals surface area contributed by atoms with E-state index in [1.54, 1.807) is 18.2 Å². The minimum Gasteiger partial charge on any atom is -0.303 e. The normalized spacial score (nSPS) is 10.9. The minimum absolute atomic E-state index is 0.281. The zero-order valence-corrected chi connectivity index (χ0v) is 13.4. The van der Waals surface area contributed by atoms with Crippen LogP contribution in [0.15, 0.2) is 42.5 Å². The second kappa shape index (κ2) is 6.47. The highest BCUT2D eigenvalue weighted by molar-refractivity contribution is 6.31. The Morgan fingerprint density at radius 2 is 1.91 bits per heavy atom. The summed E-state index contributed by atoms with van der Waals surface area (Å²) >= 11 is 6.16. The Hall–Kier alpha value is -2.26. The number of hydrogen-bond acceptors (Lipinski definition) is 2. The molecule has 1 heterocycles. The van der Waals surface area contributed by atoms with E-state index in [9.17, 15) is 9.18 Å². The Morgan fingerprint density at radius 1 is 1.17 bits per heavy atom. The summed E-state index contributed by atoms with van der Waals surface area (Å²) in [5.74, 6) is -0.281. The van der Waals surface area contributed by atoms with Gasteiger partial charge in [-0.1, -0.05) is 23.7 Å². The van der Waals surface area contributed by atoms with Crippen molar-refractivity contribution >= 4 is 28.8 Å². The molecule has 0 spiro atoms. The summed E-state index contributed by atoms with van der Waals surface area (Å²) in [7, 11) is 0. The number of halogens is 2. The molecular formula is C19H15ClFNO. The molecule has 4 heteroatoms. The lowest BCUT2D eigenvalue weighted by Gasteiger charge is -2.15. The number of carbonyl (C=O) groups is 1. The van der Waals surface area contributed by atoms with E-state index in [2.05, 4.69) is 4.98 Å². The van der Waals surface area contributed by atoms with E-state index in [1.165, 1.54) is 12.1 Å². The molecule has 2 aromatic carbocycles. The standard InChI is InChI=1S/C19H15ClFNO/c1-12-16(3-2-10-23)19(13-4-7-15(21)8-5-13)17-11-14(20)6-9-18(17)22-12/h4-11H,2-3H2,1H3. The lowest BCUT2D eigenvalue weighted by molar-refractivity contribution is -0.107. The minimum atomic E-state index is -0.281. The van der Waals surface area contributed by atoms with Crippen molar-refractivity contribution in [1.82, 2.24) is 4.98 Å². The van der Waals surface area contributed by atoms with E-state index in [0.29, 0.717) is 17.9 Å². The number of rotatable bonds is 4. The Bertz CT molecular complexity index is 875. The quantitative estimate of drug-likeness (QED) is 0.621. The number of nitrogens with zero attached hydrogens (tertiary/aromatic N) is 1. The second-order valence-electron chi connectivity index (χ2n) is 5.42. The van der Waals surface area contributed by atoms with E-state index in [-0.39, 0.29) is 5.82 Å². The first-order chi connectivity index (χ1) is 11.1. The maximum absolute atomic E-state index is 13.3. The molecule has 0 N–H and O–H groups in total. The van der Waals surface area contributed by atoms with Gasteiger partial charge in [0.15, 0.2) is 0 Å². The molecule has 0 amide bonds. The van der Waals surface area contributed by atoms with E-state index < -0.39 is 0 Å². The van der Waals surface area contributed by atoms with Crippen LogP contribution in [0.1, 0.15) is 17.7 Å². The van der Waals surface area contributed by atoms with Crippen LogP contribution in [-0.4, -0.2) is 11.3 Å². The topological polar surface area (TPSA) is 30.0 Å². The molecule has 0 saturated heterocycles. The van der Waals surface area contributed by atoms with Gasteiger partial charge < -0.3 is 4.79 Å². The first-order valence-electron chi connectivity index (χ1n) is 7.38. The van der Waals surface area contributed by atoms with Crippen LogP contribution in [0.5, 0.6) is 0 Å². The monoisotopic (exact) mass is 327 g/mol. The van der Waals surface area contributed by atoms with Crippen molar-refractivity contribution in [3.63, 3.8) is 0 Å². The maximum atomic E-state index is 13.3. The molecule has 0 aliphatic carbocycles. The van der Waals surface area contributed by atoms with Gasteiger partial charge in [-0.05, 0) is 60.4 Å². The third-order valence-electron chi connectivity index (χ3n) is 3.90. The highest BCUT2D eigenvalue weighted by Crippen LogP contribution is 2.35. The van der Waals surface area contributed by atoms with Gasteiger partial charge in [-0.25, -0.2) is 4.39 Å². The molecule has 23 heavy (non-hydrogen) atoms. The smallest absolute Gasteiger partial charge is 0.123 e. The second-order valence-corrected chi connectivity index (χ2v) is 5.86. The Balaban J connectivity index is 2.34. The van der Waals surface area contributed by atoms with Crippen molar-refractivity contribution in [2.45, 2.75) is 19.8 Å². The van der Waals surface area contributed by atoms with Gasteiger partial charge in [0.1, 0.15) is 12.1 Å². The van der Waals surface area contributed by atoms with Gasteiger partial charge in [0, 0.05) is 22.5 Å². The Morgan fingerprint density at radius 3 is 2.61 bits per heavy atom. The van der Waals surface area contributed by atoms with Crippen LogP contribution in [-0.2, 0) is 11.2 Å². The molecule has 1 aromatic heterocycles. The predicted molar refractivity (Wildman–Crippen MR) is 91.3 cm³/mol. The average Bonchev–Trinajstić information content (AvgIpc) is 2.54. The fourth-order valence-electron chi connectivity index (χ4n) is 2.85. The lowest BCUT2D eigenvalue weighted by atomic mass is 9.92. The number of aldehydes is 1. The highest BCUT2D eigenvalue weighted by atomic mass is 35.5. The van der Waals surface area contributed by atoms with Crippen LogP contribution in [0.2, 0.25) is 5.02 Å². The van der Waals surface area contributed by atoms with Crippen molar-refractivity contribution in [2.24, 2.45) is 0 Å². The molecule has 2 nitrogen and oxygen atoms in total. The number of aryl methyl sites for hydroxylation is 1. The van der Waals surface area contributed by atoms with Gasteiger partial charge in [-0.3, -0.25) is 4.98 Å². The molecule has 0 unspecified atom stereocenters. The summed E-state index contributed by atoms with van der Waals surface area (Å²) in [6, 6.07) is 11.9. The first-order valence-corrected chi connectivity index (χ1v) is 7.76. The third kappa shape index (κ3) is 3.10. The van der Waals surface area contributed by atoms with Crippen molar-refractivity contribution in [3.8, 4) is 11.1 Å². The number of fused-ring (bicyclic) bond motifs is 1. The summed E-state index contributed by atoms with van der Waals surface area (Å²) in [4.78, 5) is 15.4. The highest BCUT2D eigenvalue weighted by Gasteiger charge is 2.15. The SMILES string of the molecule is Cc1nc2ccc(Cl)cc2c(-c2ccc(F)cc2)c1CCC=O. The van der Waals surface area contributed by atoms with Crippen molar-refractivity contribution in [1.29, 1.82) is 0 Å². The zero-order valence-electron chi connectivity index (χ0n) is 12.6. The lowest BCUT2D eigenvalue weighted by Crippen LogP contribution is -2.00. The summed E-state index contributed by atoms with van der Waals surface area (Å²) < 4.78 is 13.3. The molecule has 0 aliphatic heterocycles. The van der Waals surface area contributed by atoms with Crippen molar-refractivity contribution < 1.29 is 9.18 Å². The summed E-state index contributed by atoms with van der Waals surface area (Å²) in [5, 5.41) is 1.53. The molecule has 3 aromatic rings. The average molecular weight is 328 g/mol. The largest absolute Gasteiger partial charge is 0.303 e. The van der Waals surface area contributed by atoms with E-state index in [1.807, 2.05) is 19.1 Å². The molecule has 0 fully saturated rings. The molecular weight excluding hydrogens is 313 g/mol. The van der Waals surface area contributed by atoms with Gasteiger partial charge in [-0.2, -0.15) is 0 Å². The summed E-state index contributed by atoms with van der Waals surface area (Å²) in [6.45, 7) is 1.93. The molecule has 3 rings (SSSR count). The van der Waals surface area contributed by atoms with Crippen LogP contribution in [0, 0.1) is 12.7 Å². The molecule has 0 saturated carbocycles. The molecule has 0 radical (unpaired) electrons.